The van der Waals surface area contributed by atoms with E-state index in [2.05, 4.69) is 84.9 Å². The Morgan fingerprint density at radius 2 is 1.05 bits per heavy atom. The van der Waals surface area contributed by atoms with E-state index in [0.717, 1.165) is 6.35 Å². The van der Waals surface area contributed by atoms with E-state index in [4.69, 9.17) is 4.74 Å². The first-order valence-electron chi connectivity index (χ1n) is 7.43. The topological polar surface area (TPSA) is 9.23 Å². The maximum Gasteiger partial charge on any atom is 0.0747 e. The Hall–Kier alpha value is -1.95. The van der Waals surface area contributed by atoms with Gasteiger partial charge in [0.2, 0.25) is 0 Å². The monoisotopic (exact) mass is 306 g/mol. The Kier molecular flexibility index (Phi) is 5.37. The molecular formula is C20H19OP. The lowest BCUT2D eigenvalue weighted by Crippen LogP contribution is -2.15. The largest absolute Gasteiger partial charge is 0.372 e. The van der Waals surface area contributed by atoms with Crippen LogP contribution in [0.2, 0.25) is 0 Å². The number of hydrogen-bond donors (Lipinski definition) is 0. The van der Waals surface area contributed by atoms with Gasteiger partial charge in [-0.05, 0) is 24.1 Å². The van der Waals surface area contributed by atoms with E-state index in [0.29, 0.717) is 6.61 Å². The van der Waals surface area contributed by atoms with Crippen LogP contribution >= 0.6 is 7.92 Å². The molecule has 3 rings (SSSR count). The van der Waals surface area contributed by atoms with Crippen LogP contribution in [0.4, 0.5) is 0 Å². The highest BCUT2D eigenvalue weighted by Crippen LogP contribution is 2.33. The van der Waals surface area contributed by atoms with E-state index < -0.39 is 7.92 Å². The van der Waals surface area contributed by atoms with E-state index in [-0.39, 0.29) is 0 Å². The summed E-state index contributed by atoms with van der Waals surface area (Å²) in [6.45, 7) is 0.666. The van der Waals surface area contributed by atoms with E-state index in [1.807, 2.05) is 6.07 Å². The predicted molar refractivity (Wildman–Crippen MR) is 95.2 cm³/mol. The summed E-state index contributed by atoms with van der Waals surface area (Å²) in [5.41, 5.74) is 1.22. The molecule has 0 amide bonds. The van der Waals surface area contributed by atoms with Gasteiger partial charge in [-0.2, -0.15) is 0 Å². The standard InChI is InChI=1S/C20H19OP/c1-4-10-18(11-5-1)16-21-17-22(19-12-6-2-7-13-19)20-14-8-3-9-15-20/h1-15H,16-17H2. The summed E-state index contributed by atoms with van der Waals surface area (Å²) in [5, 5.41) is 2.72. The molecule has 0 aliphatic carbocycles. The van der Waals surface area contributed by atoms with Gasteiger partial charge in [0.1, 0.15) is 0 Å². The average Bonchev–Trinajstić information content (AvgIpc) is 2.61. The van der Waals surface area contributed by atoms with Gasteiger partial charge in [0.15, 0.2) is 0 Å². The molecular weight excluding hydrogens is 287 g/mol. The van der Waals surface area contributed by atoms with Crippen molar-refractivity contribution in [2.45, 2.75) is 6.61 Å². The summed E-state index contributed by atoms with van der Waals surface area (Å²) in [6.07, 6.45) is 0.748. The van der Waals surface area contributed by atoms with Crippen molar-refractivity contribution in [3.05, 3.63) is 96.6 Å². The molecule has 0 saturated carbocycles. The van der Waals surface area contributed by atoms with Gasteiger partial charge in [-0.15, -0.1) is 0 Å². The zero-order valence-corrected chi connectivity index (χ0v) is 13.3. The lowest BCUT2D eigenvalue weighted by molar-refractivity contribution is 0.167. The summed E-state index contributed by atoms with van der Waals surface area (Å²) in [6, 6.07) is 31.7. The molecule has 0 aliphatic heterocycles. The van der Waals surface area contributed by atoms with Crippen LogP contribution in [0, 0.1) is 0 Å². The summed E-state index contributed by atoms with van der Waals surface area (Å²) < 4.78 is 6.02. The molecule has 0 aromatic heterocycles. The zero-order valence-electron chi connectivity index (χ0n) is 12.4. The molecule has 0 N–H and O–H groups in total. The fraction of sp³-hybridized carbons (Fsp3) is 0.100. The van der Waals surface area contributed by atoms with Gasteiger partial charge in [-0.1, -0.05) is 91.0 Å². The highest BCUT2D eigenvalue weighted by molar-refractivity contribution is 7.72. The molecule has 0 aliphatic rings. The second-order valence-electron chi connectivity index (χ2n) is 5.06. The second kappa shape index (κ2) is 7.89. The molecule has 0 heterocycles. The Balaban J connectivity index is 1.72. The number of benzene rings is 3. The van der Waals surface area contributed by atoms with Crippen LogP contribution in [0.5, 0.6) is 0 Å². The quantitative estimate of drug-likeness (QED) is 0.617. The minimum Gasteiger partial charge on any atom is -0.372 e. The first-order chi connectivity index (χ1) is 10.9. The van der Waals surface area contributed by atoms with Gasteiger partial charge in [-0.3, -0.25) is 0 Å². The third-order valence-corrected chi connectivity index (χ3v) is 5.75. The molecule has 0 saturated heterocycles. The summed E-state index contributed by atoms with van der Waals surface area (Å²) in [4.78, 5) is 0. The smallest absolute Gasteiger partial charge is 0.0747 e. The summed E-state index contributed by atoms with van der Waals surface area (Å²) >= 11 is 0. The molecule has 0 radical (unpaired) electrons. The number of hydrogen-bond acceptors (Lipinski definition) is 1. The Morgan fingerprint density at radius 3 is 1.55 bits per heavy atom. The maximum absolute atomic E-state index is 6.02. The lowest BCUT2D eigenvalue weighted by atomic mass is 10.2. The van der Waals surface area contributed by atoms with Crippen molar-refractivity contribution in [3.63, 3.8) is 0 Å². The van der Waals surface area contributed by atoms with Crippen LogP contribution < -0.4 is 10.6 Å². The third kappa shape index (κ3) is 4.04. The third-order valence-electron chi connectivity index (χ3n) is 3.47. The van der Waals surface area contributed by atoms with E-state index in [1.54, 1.807) is 0 Å². The van der Waals surface area contributed by atoms with Crippen LogP contribution in [-0.4, -0.2) is 6.35 Å². The van der Waals surface area contributed by atoms with Crippen LogP contribution in [0.25, 0.3) is 0 Å². The van der Waals surface area contributed by atoms with Gasteiger partial charge >= 0.3 is 0 Å². The number of rotatable bonds is 6. The van der Waals surface area contributed by atoms with Gasteiger partial charge in [0.25, 0.3) is 0 Å². The molecule has 0 fully saturated rings. The molecule has 0 spiro atoms. The van der Waals surface area contributed by atoms with Gasteiger partial charge < -0.3 is 4.74 Å². The van der Waals surface area contributed by atoms with Crippen LogP contribution in [-0.2, 0) is 11.3 Å². The predicted octanol–water partition coefficient (Wildman–Crippen LogP) is 4.29. The zero-order chi connectivity index (χ0) is 15.0. The van der Waals surface area contributed by atoms with Gasteiger partial charge in [-0.25, -0.2) is 0 Å². The Morgan fingerprint density at radius 1 is 0.591 bits per heavy atom. The molecule has 0 bridgehead atoms. The van der Waals surface area contributed by atoms with Crippen molar-refractivity contribution in [2.75, 3.05) is 6.35 Å². The first-order valence-corrected chi connectivity index (χ1v) is 8.95. The van der Waals surface area contributed by atoms with Crippen molar-refractivity contribution in [3.8, 4) is 0 Å². The van der Waals surface area contributed by atoms with Crippen molar-refractivity contribution >= 4 is 18.5 Å². The minimum absolute atomic E-state index is 0.469. The van der Waals surface area contributed by atoms with Gasteiger partial charge in [0.05, 0.1) is 13.0 Å². The average molecular weight is 306 g/mol. The van der Waals surface area contributed by atoms with Crippen molar-refractivity contribution in [2.24, 2.45) is 0 Å². The lowest BCUT2D eigenvalue weighted by Gasteiger charge is -2.18. The van der Waals surface area contributed by atoms with E-state index in [9.17, 15) is 0 Å². The molecule has 22 heavy (non-hydrogen) atoms. The fourth-order valence-electron chi connectivity index (χ4n) is 2.34. The fourth-order valence-corrected chi connectivity index (χ4v) is 4.28. The normalized spacial score (nSPS) is 10.8. The second-order valence-corrected chi connectivity index (χ2v) is 7.21. The molecule has 0 unspecified atom stereocenters. The molecule has 0 atom stereocenters. The minimum atomic E-state index is -0.469. The van der Waals surface area contributed by atoms with Crippen LogP contribution in [0.15, 0.2) is 91.0 Å². The van der Waals surface area contributed by atoms with Crippen LogP contribution in [0.1, 0.15) is 5.56 Å². The highest BCUT2D eigenvalue weighted by atomic mass is 31.1. The Labute approximate surface area is 133 Å². The van der Waals surface area contributed by atoms with E-state index >= 15 is 0 Å². The first kappa shape index (κ1) is 15.0. The SMILES string of the molecule is c1ccc(COCP(c2ccccc2)c2ccccc2)cc1. The summed E-state index contributed by atoms with van der Waals surface area (Å²) in [5.74, 6) is 0. The molecule has 3 aromatic carbocycles. The van der Waals surface area contributed by atoms with Crippen molar-refractivity contribution in [1.29, 1.82) is 0 Å². The van der Waals surface area contributed by atoms with Crippen LogP contribution in [0.3, 0.4) is 0 Å². The molecule has 110 valence electrons. The van der Waals surface area contributed by atoms with Crippen molar-refractivity contribution in [1.82, 2.24) is 0 Å². The molecule has 1 nitrogen and oxygen atoms in total. The summed E-state index contributed by atoms with van der Waals surface area (Å²) in [7, 11) is -0.469. The maximum atomic E-state index is 6.02. The van der Waals surface area contributed by atoms with E-state index in [1.165, 1.54) is 16.2 Å². The molecule has 2 heteroatoms. The highest BCUT2D eigenvalue weighted by Gasteiger charge is 2.13. The Bertz CT molecular complexity index is 628. The molecule has 3 aromatic rings. The van der Waals surface area contributed by atoms with Crippen molar-refractivity contribution < 1.29 is 4.74 Å². The van der Waals surface area contributed by atoms with Gasteiger partial charge in [0, 0.05) is 0 Å². The number of ether oxygens (including phenoxy) is 1.